The van der Waals surface area contributed by atoms with E-state index in [1.54, 1.807) is 0 Å². The summed E-state index contributed by atoms with van der Waals surface area (Å²) in [6, 6.07) is 0. The van der Waals surface area contributed by atoms with Gasteiger partial charge in [-0.3, -0.25) is 9.68 Å². The lowest BCUT2D eigenvalue weighted by molar-refractivity contribution is -0.157. The maximum Gasteiger partial charge on any atom is 0.164 e. The normalized spacial score (nSPS) is 20.4. The van der Waals surface area contributed by atoms with Gasteiger partial charge in [-0.2, -0.15) is 0 Å². The molecule has 13 heavy (non-hydrogen) atoms. The van der Waals surface area contributed by atoms with Crippen LogP contribution < -0.4 is 11.8 Å². The summed E-state index contributed by atoms with van der Waals surface area (Å²) in [5.74, 6) is 9.54. The highest BCUT2D eigenvalue weighted by Crippen LogP contribution is 2.07. The molecule has 0 aliphatic heterocycles. The van der Waals surface area contributed by atoms with E-state index in [4.69, 9.17) is 16.9 Å². The molecule has 0 aromatic carbocycles. The van der Waals surface area contributed by atoms with Gasteiger partial charge >= 0.3 is 0 Å². The summed E-state index contributed by atoms with van der Waals surface area (Å²) >= 11 is 0. The molecule has 0 spiro atoms. The highest BCUT2D eigenvalue weighted by Gasteiger charge is 2.32. The van der Waals surface area contributed by atoms with Crippen LogP contribution in [0.4, 0.5) is 0 Å². The summed E-state index contributed by atoms with van der Waals surface area (Å²) in [6.07, 6.45) is -4.53. The second-order valence-electron chi connectivity index (χ2n) is 2.57. The Bertz CT molecular complexity index is 154. The van der Waals surface area contributed by atoms with E-state index in [1.165, 1.54) is 6.92 Å². The fourth-order valence-corrected chi connectivity index (χ4v) is 0.814. The molecule has 0 amide bonds. The number of hydrogen-bond donors (Lipinski definition) is 4. The number of aliphatic hydroxyl groups excluding tert-OH is 2. The van der Waals surface area contributed by atoms with E-state index >= 15 is 0 Å². The molecule has 0 heterocycles. The smallest absolute Gasteiger partial charge is 0.164 e. The number of aldehydes is 1. The lowest BCUT2D eigenvalue weighted by Crippen LogP contribution is -2.49. The highest BCUT2D eigenvalue weighted by molar-refractivity contribution is 5.57. The molecule has 0 radical (unpaired) electrons. The van der Waals surface area contributed by atoms with Crippen molar-refractivity contribution in [3.63, 3.8) is 0 Å². The molecule has 0 bridgehead atoms. The fraction of sp³-hybridized carbons (Fsp3) is 0.833. The van der Waals surface area contributed by atoms with Crippen LogP contribution in [0.5, 0.6) is 0 Å². The molecule has 0 aromatic heterocycles. The van der Waals surface area contributed by atoms with Gasteiger partial charge in [-0.1, -0.05) is 0 Å². The molecule has 0 aromatic rings. The molecule has 0 aliphatic carbocycles. The van der Waals surface area contributed by atoms with E-state index in [-0.39, 0.29) is 0 Å². The van der Waals surface area contributed by atoms with Gasteiger partial charge in [0.25, 0.3) is 0 Å². The van der Waals surface area contributed by atoms with Gasteiger partial charge in [-0.05, 0) is 6.92 Å². The van der Waals surface area contributed by atoms with Crippen LogP contribution in [0.2, 0.25) is 0 Å². The number of rotatable bonds is 6. The molecule has 0 saturated carbocycles. The molecule has 0 unspecified atom stereocenters. The molecule has 0 rings (SSSR count). The third-order valence-corrected chi connectivity index (χ3v) is 1.60. The second kappa shape index (κ2) is 5.97. The van der Waals surface area contributed by atoms with Crippen molar-refractivity contribution in [3.8, 4) is 0 Å². The SMILES string of the molecule is C[C@@H](O)[C@@H](O)[C@H](ON)[C@H](C=O)ON. The van der Waals surface area contributed by atoms with Gasteiger partial charge in [0, 0.05) is 0 Å². The first kappa shape index (κ1) is 12.4. The summed E-state index contributed by atoms with van der Waals surface area (Å²) in [4.78, 5) is 18.8. The Balaban J connectivity index is 4.37. The zero-order chi connectivity index (χ0) is 10.4. The number of carbonyl (C=O) groups is 1. The van der Waals surface area contributed by atoms with Crippen LogP contribution in [0.1, 0.15) is 6.92 Å². The molecule has 7 heteroatoms. The monoisotopic (exact) mass is 194 g/mol. The minimum Gasteiger partial charge on any atom is -0.391 e. The van der Waals surface area contributed by atoms with Crippen LogP contribution in [0.3, 0.4) is 0 Å². The molecular formula is C6H14N2O5. The Hall–Kier alpha value is -0.570. The van der Waals surface area contributed by atoms with Gasteiger partial charge in [0.05, 0.1) is 6.10 Å². The first-order valence-electron chi connectivity index (χ1n) is 3.61. The van der Waals surface area contributed by atoms with Crippen molar-refractivity contribution in [2.24, 2.45) is 11.8 Å². The van der Waals surface area contributed by atoms with E-state index in [0.29, 0.717) is 6.29 Å². The standard InChI is InChI=1S/C6H14N2O5/c1-3(10)5(11)6(13-8)4(2-9)12-7/h2-6,10-11H,7-8H2,1H3/t3-,4+,5-,6-/m1/s1. The van der Waals surface area contributed by atoms with Crippen LogP contribution in [-0.2, 0) is 14.5 Å². The Morgan fingerprint density at radius 3 is 2.08 bits per heavy atom. The highest BCUT2D eigenvalue weighted by atomic mass is 16.7. The Morgan fingerprint density at radius 2 is 1.85 bits per heavy atom. The lowest BCUT2D eigenvalue weighted by atomic mass is 10.1. The Kier molecular flexibility index (Phi) is 5.71. The third-order valence-electron chi connectivity index (χ3n) is 1.60. The van der Waals surface area contributed by atoms with Crippen molar-refractivity contribution in [3.05, 3.63) is 0 Å². The zero-order valence-electron chi connectivity index (χ0n) is 7.16. The van der Waals surface area contributed by atoms with Crippen LogP contribution >= 0.6 is 0 Å². The van der Waals surface area contributed by atoms with Crippen LogP contribution in [0.25, 0.3) is 0 Å². The van der Waals surface area contributed by atoms with E-state index in [9.17, 15) is 9.90 Å². The van der Waals surface area contributed by atoms with Crippen LogP contribution in [-0.4, -0.2) is 40.9 Å². The minimum atomic E-state index is -1.34. The molecule has 0 aliphatic rings. The van der Waals surface area contributed by atoms with Gasteiger partial charge in [0.2, 0.25) is 0 Å². The zero-order valence-corrected chi connectivity index (χ0v) is 7.16. The second-order valence-corrected chi connectivity index (χ2v) is 2.57. The molecule has 78 valence electrons. The average Bonchev–Trinajstić information content (AvgIpc) is 2.12. The first-order chi connectivity index (χ1) is 6.08. The summed E-state index contributed by atoms with van der Waals surface area (Å²) in [6.45, 7) is 1.31. The van der Waals surface area contributed by atoms with Gasteiger partial charge in [0.15, 0.2) is 12.4 Å². The van der Waals surface area contributed by atoms with Crippen molar-refractivity contribution < 1.29 is 24.7 Å². The van der Waals surface area contributed by atoms with Crippen molar-refractivity contribution in [1.82, 2.24) is 0 Å². The predicted octanol–water partition coefficient (Wildman–Crippen LogP) is -2.56. The number of nitrogens with two attached hydrogens (primary N) is 2. The van der Waals surface area contributed by atoms with E-state index in [0.717, 1.165) is 0 Å². The topological polar surface area (TPSA) is 128 Å². The van der Waals surface area contributed by atoms with Gasteiger partial charge < -0.3 is 15.0 Å². The molecule has 0 saturated heterocycles. The van der Waals surface area contributed by atoms with Crippen molar-refractivity contribution in [2.45, 2.75) is 31.3 Å². The van der Waals surface area contributed by atoms with Crippen molar-refractivity contribution >= 4 is 6.29 Å². The number of carbonyl (C=O) groups excluding carboxylic acids is 1. The third kappa shape index (κ3) is 3.35. The Labute approximate surface area is 75.1 Å². The predicted molar refractivity (Wildman–Crippen MR) is 41.9 cm³/mol. The Morgan fingerprint density at radius 1 is 1.31 bits per heavy atom. The minimum absolute atomic E-state index is 0.323. The van der Waals surface area contributed by atoms with E-state index in [2.05, 4.69) is 9.68 Å². The summed E-state index contributed by atoms with van der Waals surface area (Å²) in [7, 11) is 0. The van der Waals surface area contributed by atoms with Gasteiger partial charge in [-0.25, -0.2) is 11.8 Å². The number of aliphatic hydroxyl groups is 2. The van der Waals surface area contributed by atoms with Crippen LogP contribution in [0.15, 0.2) is 0 Å². The molecule has 4 atom stereocenters. The van der Waals surface area contributed by atoms with Crippen LogP contribution in [0, 0.1) is 0 Å². The quantitative estimate of drug-likeness (QED) is 0.270. The molecule has 6 N–H and O–H groups in total. The largest absolute Gasteiger partial charge is 0.391 e. The molecular weight excluding hydrogens is 180 g/mol. The van der Waals surface area contributed by atoms with E-state index < -0.39 is 24.4 Å². The fourth-order valence-electron chi connectivity index (χ4n) is 0.814. The first-order valence-corrected chi connectivity index (χ1v) is 3.61. The lowest BCUT2D eigenvalue weighted by Gasteiger charge is -2.25. The van der Waals surface area contributed by atoms with Gasteiger partial charge in [-0.15, -0.1) is 0 Å². The molecule has 7 nitrogen and oxygen atoms in total. The number of hydrogen-bond acceptors (Lipinski definition) is 7. The van der Waals surface area contributed by atoms with Gasteiger partial charge in [0.1, 0.15) is 12.2 Å². The van der Waals surface area contributed by atoms with E-state index in [1.807, 2.05) is 0 Å². The summed E-state index contributed by atoms with van der Waals surface area (Å²) in [5, 5.41) is 18.2. The van der Waals surface area contributed by atoms with Crippen molar-refractivity contribution in [1.29, 1.82) is 0 Å². The maximum atomic E-state index is 10.3. The maximum absolute atomic E-state index is 10.3. The summed E-state index contributed by atoms with van der Waals surface area (Å²) < 4.78 is 0. The average molecular weight is 194 g/mol. The summed E-state index contributed by atoms with van der Waals surface area (Å²) in [5.41, 5.74) is 0. The van der Waals surface area contributed by atoms with Crippen molar-refractivity contribution in [2.75, 3.05) is 0 Å². The molecule has 0 fully saturated rings.